The molecule has 0 radical (unpaired) electrons. The van der Waals surface area contributed by atoms with Crippen LogP contribution in [-0.2, 0) is 31.3 Å². The van der Waals surface area contributed by atoms with E-state index in [1.165, 1.54) is 12.8 Å². The fourth-order valence-electron chi connectivity index (χ4n) is 4.18. The van der Waals surface area contributed by atoms with Gasteiger partial charge in [0.05, 0.1) is 0 Å². The summed E-state index contributed by atoms with van der Waals surface area (Å²) in [6, 6.07) is 0. The summed E-state index contributed by atoms with van der Waals surface area (Å²) in [7, 11) is 4.85. The third kappa shape index (κ3) is 6.86. The van der Waals surface area contributed by atoms with Crippen molar-refractivity contribution in [2.24, 2.45) is 0 Å². The van der Waals surface area contributed by atoms with Crippen LogP contribution in [0, 0.1) is 0 Å². The Labute approximate surface area is 167 Å². The Hall–Kier alpha value is 0.154. The van der Waals surface area contributed by atoms with Crippen LogP contribution in [0.25, 0.3) is 0 Å². The Balaban J connectivity index is 2.77. The first-order chi connectivity index (χ1) is 13.1. The molecule has 0 bridgehead atoms. The highest BCUT2D eigenvalue weighted by molar-refractivity contribution is 6.62. The SMILES string of the molecule is CO[Si](OC)(OC)C1CCCCCCC([Si](OC)(OC)OC)CCOCC1. The van der Waals surface area contributed by atoms with Crippen molar-refractivity contribution in [3.8, 4) is 0 Å². The fraction of sp³-hybridized carbons (Fsp3) is 1.00. The maximum atomic E-state index is 5.98. The molecule has 27 heavy (non-hydrogen) atoms. The largest absolute Gasteiger partial charge is 0.503 e. The highest BCUT2D eigenvalue weighted by atomic mass is 28.4. The first kappa shape index (κ1) is 25.2. The van der Waals surface area contributed by atoms with Crippen molar-refractivity contribution in [3.63, 3.8) is 0 Å². The van der Waals surface area contributed by atoms with Crippen molar-refractivity contribution in [2.45, 2.75) is 62.4 Å². The lowest BCUT2D eigenvalue weighted by molar-refractivity contribution is 0.0796. The second-order valence-electron chi connectivity index (χ2n) is 7.01. The van der Waals surface area contributed by atoms with Crippen LogP contribution in [0.2, 0.25) is 11.1 Å². The zero-order chi connectivity index (χ0) is 20.2. The first-order valence-electron chi connectivity index (χ1n) is 9.96. The molecule has 0 N–H and O–H groups in total. The van der Waals surface area contributed by atoms with E-state index >= 15 is 0 Å². The molecule has 0 saturated carbocycles. The number of hydrogen-bond donors (Lipinski definition) is 0. The van der Waals surface area contributed by atoms with Gasteiger partial charge in [0.1, 0.15) is 0 Å². The molecule has 1 fully saturated rings. The number of rotatable bonds is 8. The van der Waals surface area contributed by atoms with Crippen LogP contribution in [0.3, 0.4) is 0 Å². The van der Waals surface area contributed by atoms with E-state index in [1.54, 1.807) is 42.7 Å². The molecule has 0 spiro atoms. The summed E-state index contributed by atoms with van der Waals surface area (Å²) in [5.74, 6) is 0. The summed E-state index contributed by atoms with van der Waals surface area (Å²) in [5, 5.41) is 0. The molecule has 0 aromatic carbocycles. The Morgan fingerprint density at radius 1 is 0.519 bits per heavy atom. The molecular formula is C18H40O7Si2. The van der Waals surface area contributed by atoms with E-state index in [0.29, 0.717) is 13.2 Å². The van der Waals surface area contributed by atoms with Crippen LogP contribution >= 0.6 is 0 Å². The van der Waals surface area contributed by atoms with Gasteiger partial charge >= 0.3 is 17.6 Å². The molecule has 2 atom stereocenters. The van der Waals surface area contributed by atoms with E-state index in [0.717, 1.165) is 38.5 Å². The molecule has 9 heteroatoms. The summed E-state index contributed by atoms with van der Waals surface area (Å²) < 4.78 is 40.3. The van der Waals surface area contributed by atoms with Crippen LogP contribution in [0.1, 0.15) is 51.4 Å². The lowest BCUT2D eigenvalue weighted by Crippen LogP contribution is -2.48. The molecule has 0 aliphatic carbocycles. The van der Waals surface area contributed by atoms with Crippen LogP contribution < -0.4 is 0 Å². The summed E-state index contributed by atoms with van der Waals surface area (Å²) >= 11 is 0. The molecule has 2 unspecified atom stereocenters. The predicted molar refractivity (Wildman–Crippen MR) is 109 cm³/mol. The van der Waals surface area contributed by atoms with Crippen molar-refractivity contribution >= 4 is 17.6 Å². The molecule has 1 saturated heterocycles. The molecule has 0 amide bonds. The number of hydrogen-bond acceptors (Lipinski definition) is 7. The van der Waals surface area contributed by atoms with Crippen LogP contribution in [0.15, 0.2) is 0 Å². The zero-order valence-corrected chi connectivity index (χ0v) is 20.1. The minimum atomic E-state index is -2.65. The maximum Gasteiger partial charge on any atom is 0.503 e. The first-order valence-corrected chi connectivity index (χ1v) is 13.6. The normalized spacial score (nSPS) is 24.7. The molecular weight excluding hydrogens is 384 g/mol. The van der Waals surface area contributed by atoms with Gasteiger partial charge < -0.3 is 31.3 Å². The van der Waals surface area contributed by atoms with Gasteiger partial charge in [0.15, 0.2) is 0 Å². The monoisotopic (exact) mass is 424 g/mol. The Morgan fingerprint density at radius 2 is 0.852 bits per heavy atom. The number of ether oxygens (including phenoxy) is 1. The van der Waals surface area contributed by atoms with Gasteiger partial charge in [-0.05, 0) is 25.7 Å². The van der Waals surface area contributed by atoms with E-state index in [4.69, 9.17) is 31.3 Å². The Morgan fingerprint density at radius 3 is 1.15 bits per heavy atom. The summed E-state index contributed by atoms with van der Waals surface area (Å²) in [6.45, 7) is 1.34. The molecule has 0 aromatic heterocycles. The van der Waals surface area contributed by atoms with Crippen molar-refractivity contribution in [1.29, 1.82) is 0 Å². The van der Waals surface area contributed by atoms with Gasteiger partial charge in [0.25, 0.3) is 0 Å². The van der Waals surface area contributed by atoms with E-state index in [9.17, 15) is 0 Å². The Kier molecular flexibility index (Phi) is 12.5. The maximum absolute atomic E-state index is 5.98. The minimum absolute atomic E-state index is 0.263. The second kappa shape index (κ2) is 13.4. The third-order valence-corrected chi connectivity index (χ3v) is 12.4. The smallest absolute Gasteiger partial charge is 0.381 e. The molecule has 1 rings (SSSR count). The second-order valence-corrected chi connectivity index (χ2v) is 13.5. The molecule has 1 aliphatic rings. The summed E-state index contributed by atoms with van der Waals surface area (Å²) in [6.07, 6.45) is 8.51. The average Bonchev–Trinajstić information content (AvgIpc) is 2.73. The molecule has 1 aliphatic heterocycles. The zero-order valence-electron chi connectivity index (χ0n) is 18.1. The lowest BCUT2D eigenvalue weighted by Gasteiger charge is -2.33. The highest BCUT2D eigenvalue weighted by Gasteiger charge is 2.47. The topological polar surface area (TPSA) is 64.6 Å². The molecule has 7 nitrogen and oxygen atoms in total. The van der Waals surface area contributed by atoms with Gasteiger partial charge in [-0.25, -0.2) is 0 Å². The van der Waals surface area contributed by atoms with Crippen molar-refractivity contribution in [2.75, 3.05) is 55.9 Å². The van der Waals surface area contributed by atoms with Gasteiger partial charge in [0, 0.05) is 67.0 Å². The highest BCUT2D eigenvalue weighted by Crippen LogP contribution is 2.36. The molecule has 1 heterocycles. The van der Waals surface area contributed by atoms with Gasteiger partial charge in [-0.3, -0.25) is 0 Å². The van der Waals surface area contributed by atoms with Crippen LogP contribution in [0.5, 0.6) is 0 Å². The van der Waals surface area contributed by atoms with Crippen molar-refractivity contribution in [3.05, 3.63) is 0 Å². The van der Waals surface area contributed by atoms with E-state index in [-0.39, 0.29) is 11.1 Å². The Bertz CT molecular complexity index is 328. The molecule has 0 aromatic rings. The van der Waals surface area contributed by atoms with E-state index < -0.39 is 17.6 Å². The third-order valence-electron chi connectivity index (χ3n) is 5.78. The van der Waals surface area contributed by atoms with Crippen LogP contribution in [0.4, 0.5) is 0 Å². The van der Waals surface area contributed by atoms with Gasteiger partial charge in [-0.1, -0.05) is 25.7 Å². The quantitative estimate of drug-likeness (QED) is 0.551. The average molecular weight is 425 g/mol. The van der Waals surface area contributed by atoms with E-state index in [1.807, 2.05) is 0 Å². The predicted octanol–water partition coefficient (Wildman–Crippen LogP) is 3.63. The van der Waals surface area contributed by atoms with Gasteiger partial charge in [0.2, 0.25) is 0 Å². The van der Waals surface area contributed by atoms with E-state index in [2.05, 4.69) is 0 Å². The minimum Gasteiger partial charge on any atom is -0.381 e. The standard InChI is InChI=1S/C18H40O7Si2/c1-19-26(20-2,21-3)17-11-9-7-8-10-12-18(14-16-25-15-13-17)27(22-4,23-5)24-6/h17-18H,7-16H2,1-6H3. The van der Waals surface area contributed by atoms with Gasteiger partial charge in [-0.2, -0.15) is 0 Å². The fourth-order valence-corrected chi connectivity index (χ4v) is 9.24. The van der Waals surface area contributed by atoms with Gasteiger partial charge in [-0.15, -0.1) is 0 Å². The van der Waals surface area contributed by atoms with Crippen LogP contribution in [-0.4, -0.2) is 73.5 Å². The van der Waals surface area contributed by atoms with Crippen molar-refractivity contribution in [1.82, 2.24) is 0 Å². The summed E-state index contributed by atoms with van der Waals surface area (Å²) in [5.41, 5.74) is 0.527. The van der Waals surface area contributed by atoms with Crippen molar-refractivity contribution < 1.29 is 31.3 Å². The molecule has 162 valence electrons. The summed E-state index contributed by atoms with van der Waals surface area (Å²) in [4.78, 5) is 0. The lowest BCUT2D eigenvalue weighted by atomic mass is 10.1.